The van der Waals surface area contributed by atoms with E-state index in [0.29, 0.717) is 44.0 Å². The van der Waals surface area contributed by atoms with Crippen LogP contribution in [-0.4, -0.2) is 70.1 Å². The van der Waals surface area contributed by atoms with E-state index < -0.39 is 10.0 Å². The van der Waals surface area contributed by atoms with Gasteiger partial charge in [0, 0.05) is 38.8 Å². The van der Waals surface area contributed by atoms with Crippen molar-refractivity contribution in [2.45, 2.75) is 18.7 Å². The Hall–Kier alpha value is -3.07. The predicted molar refractivity (Wildman–Crippen MR) is 118 cm³/mol. The monoisotopic (exact) mass is 445 g/mol. The summed E-state index contributed by atoms with van der Waals surface area (Å²) in [6.07, 6.45) is -0.375. The zero-order chi connectivity index (χ0) is 22.6. The van der Waals surface area contributed by atoms with Crippen LogP contribution < -0.4 is 4.31 Å². The number of nitrogens with zero attached hydrogens (tertiary/aromatic N) is 3. The van der Waals surface area contributed by atoms with E-state index in [9.17, 15) is 18.0 Å². The Bertz CT molecular complexity index is 1050. The molecule has 0 N–H and O–H groups in total. The van der Waals surface area contributed by atoms with E-state index in [1.54, 1.807) is 65.3 Å². The van der Waals surface area contributed by atoms with Crippen molar-refractivity contribution in [2.75, 3.05) is 44.1 Å². The van der Waals surface area contributed by atoms with Crippen molar-refractivity contribution in [2.24, 2.45) is 0 Å². The number of carbonyl (C=O) groups excluding carboxylic acids is 2. The molecule has 0 bridgehead atoms. The van der Waals surface area contributed by atoms with Gasteiger partial charge in [-0.25, -0.2) is 13.2 Å². The number of carbonyl (C=O) groups is 2. The van der Waals surface area contributed by atoms with Crippen molar-refractivity contribution >= 4 is 27.7 Å². The Morgan fingerprint density at radius 2 is 1.61 bits per heavy atom. The number of amides is 2. The minimum absolute atomic E-state index is 0.187. The van der Waals surface area contributed by atoms with Gasteiger partial charge < -0.3 is 14.5 Å². The third-order valence-corrected chi connectivity index (χ3v) is 7.03. The number of ether oxygens (including phenoxy) is 1. The summed E-state index contributed by atoms with van der Waals surface area (Å²) in [4.78, 5) is 28.2. The standard InChI is InChI=1S/C22H27N3O5S/c1-4-30-22(27)25-14-12-24(13-15-25)21(26)18-6-5-7-19(16-18)23(3)31(28,29)20-10-8-17(2)9-11-20/h5-11,16H,4,12-15H2,1-3H3. The van der Waals surface area contributed by atoms with Crippen molar-refractivity contribution in [3.05, 3.63) is 59.7 Å². The summed E-state index contributed by atoms with van der Waals surface area (Å²) in [6, 6.07) is 13.2. The molecule has 2 aromatic carbocycles. The van der Waals surface area contributed by atoms with E-state index in [4.69, 9.17) is 4.74 Å². The minimum atomic E-state index is -3.75. The van der Waals surface area contributed by atoms with E-state index in [2.05, 4.69) is 0 Å². The fraction of sp³-hybridized carbons (Fsp3) is 0.364. The molecule has 0 spiro atoms. The molecule has 0 atom stereocenters. The van der Waals surface area contributed by atoms with Crippen molar-refractivity contribution < 1.29 is 22.7 Å². The Morgan fingerprint density at radius 3 is 2.23 bits per heavy atom. The van der Waals surface area contributed by atoms with Gasteiger partial charge in [-0.3, -0.25) is 9.10 Å². The first kappa shape index (κ1) is 22.6. The molecule has 0 saturated carbocycles. The van der Waals surface area contributed by atoms with E-state index >= 15 is 0 Å². The van der Waals surface area contributed by atoms with E-state index in [1.807, 2.05) is 6.92 Å². The van der Waals surface area contributed by atoms with Crippen LogP contribution in [0.1, 0.15) is 22.8 Å². The van der Waals surface area contributed by atoms with Gasteiger partial charge >= 0.3 is 6.09 Å². The Balaban J connectivity index is 1.73. The normalized spacial score (nSPS) is 14.3. The van der Waals surface area contributed by atoms with Gasteiger partial charge in [0.1, 0.15) is 0 Å². The van der Waals surface area contributed by atoms with E-state index in [-0.39, 0.29) is 16.9 Å². The molecule has 31 heavy (non-hydrogen) atoms. The summed E-state index contributed by atoms with van der Waals surface area (Å²) in [6.45, 7) is 5.52. The molecule has 1 aliphatic heterocycles. The fourth-order valence-electron chi connectivity index (χ4n) is 3.33. The topological polar surface area (TPSA) is 87.2 Å². The van der Waals surface area contributed by atoms with Crippen LogP contribution in [0.4, 0.5) is 10.5 Å². The Morgan fingerprint density at radius 1 is 1.00 bits per heavy atom. The average molecular weight is 446 g/mol. The van der Waals surface area contributed by atoms with Crippen LogP contribution in [0.25, 0.3) is 0 Å². The van der Waals surface area contributed by atoms with Crippen LogP contribution in [0.15, 0.2) is 53.4 Å². The molecule has 166 valence electrons. The Labute approximate surface area is 183 Å². The van der Waals surface area contributed by atoms with Crippen molar-refractivity contribution in [1.82, 2.24) is 9.80 Å². The van der Waals surface area contributed by atoms with E-state index in [0.717, 1.165) is 5.56 Å². The molecule has 0 radical (unpaired) electrons. The number of sulfonamides is 1. The Kier molecular flexibility index (Phi) is 6.84. The second kappa shape index (κ2) is 9.38. The maximum Gasteiger partial charge on any atom is 0.409 e. The lowest BCUT2D eigenvalue weighted by Crippen LogP contribution is -2.50. The van der Waals surface area contributed by atoms with E-state index in [1.165, 1.54) is 11.4 Å². The molecule has 1 saturated heterocycles. The largest absolute Gasteiger partial charge is 0.450 e. The van der Waals surface area contributed by atoms with Gasteiger partial charge in [0.05, 0.1) is 17.2 Å². The molecule has 3 rings (SSSR count). The molecular formula is C22H27N3O5S. The average Bonchev–Trinajstić information content (AvgIpc) is 2.78. The van der Waals surface area contributed by atoms with Crippen LogP contribution in [0.5, 0.6) is 0 Å². The van der Waals surface area contributed by atoms with Crippen molar-refractivity contribution in [3.63, 3.8) is 0 Å². The second-order valence-corrected chi connectivity index (χ2v) is 9.28. The molecular weight excluding hydrogens is 418 g/mol. The van der Waals surface area contributed by atoms with Gasteiger partial charge in [-0.15, -0.1) is 0 Å². The number of hydrogen-bond donors (Lipinski definition) is 0. The van der Waals surface area contributed by atoms with Crippen LogP contribution in [-0.2, 0) is 14.8 Å². The van der Waals surface area contributed by atoms with Crippen LogP contribution >= 0.6 is 0 Å². The van der Waals surface area contributed by atoms with Gasteiger partial charge in [-0.1, -0.05) is 23.8 Å². The summed E-state index contributed by atoms with van der Waals surface area (Å²) in [7, 11) is -2.28. The molecule has 0 aliphatic carbocycles. The highest BCUT2D eigenvalue weighted by Crippen LogP contribution is 2.24. The molecule has 1 heterocycles. The molecule has 0 unspecified atom stereocenters. The minimum Gasteiger partial charge on any atom is -0.450 e. The second-order valence-electron chi connectivity index (χ2n) is 7.31. The number of anilines is 1. The highest BCUT2D eigenvalue weighted by atomic mass is 32.2. The molecule has 1 fully saturated rings. The maximum atomic E-state index is 13.0. The maximum absolute atomic E-state index is 13.0. The zero-order valence-corrected chi connectivity index (χ0v) is 18.8. The van der Waals surface area contributed by atoms with Gasteiger partial charge in [-0.2, -0.15) is 0 Å². The zero-order valence-electron chi connectivity index (χ0n) is 17.9. The third-order valence-electron chi connectivity index (χ3n) is 5.23. The number of aryl methyl sites for hydroxylation is 1. The molecule has 2 aromatic rings. The molecule has 2 amide bonds. The fourth-order valence-corrected chi connectivity index (χ4v) is 4.52. The lowest BCUT2D eigenvalue weighted by molar-refractivity contribution is 0.0570. The summed E-state index contributed by atoms with van der Waals surface area (Å²) in [5.74, 6) is -0.202. The third kappa shape index (κ3) is 4.99. The summed E-state index contributed by atoms with van der Waals surface area (Å²) in [5.41, 5.74) is 1.77. The number of rotatable bonds is 5. The summed E-state index contributed by atoms with van der Waals surface area (Å²) < 4.78 is 32.1. The quantitative estimate of drug-likeness (QED) is 0.706. The van der Waals surface area contributed by atoms with Gasteiger partial charge in [0.2, 0.25) is 0 Å². The lowest BCUT2D eigenvalue weighted by atomic mass is 10.1. The molecule has 8 nitrogen and oxygen atoms in total. The first-order valence-corrected chi connectivity index (χ1v) is 11.5. The predicted octanol–water partition coefficient (Wildman–Crippen LogP) is 2.73. The number of hydrogen-bond acceptors (Lipinski definition) is 5. The lowest BCUT2D eigenvalue weighted by Gasteiger charge is -2.34. The van der Waals surface area contributed by atoms with Crippen molar-refractivity contribution in [3.8, 4) is 0 Å². The smallest absolute Gasteiger partial charge is 0.409 e. The number of benzene rings is 2. The summed E-state index contributed by atoms with van der Waals surface area (Å²) >= 11 is 0. The first-order chi connectivity index (χ1) is 14.7. The van der Waals surface area contributed by atoms with Gasteiger partial charge in [0.15, 0.2) is 0 Å². The van der Waals surface area contributed by atoms with Crippen LogP contribution in [0.3, 0.4) is 0 Å². The molecule has 9 heteroatoms. The van der Waals surface area contributed by atoms with Crippen LogP contribution in [0, 0.1) is 6.92 Å². The summed E-state index contributed by atoms with van der Waals surface area (Å²) in [5, 5.41) is 0. The van der Waals surface area contributed by atoms with Gasteiger partial charge in [0.25, 0.3) is 15.9 Å². The molecule has 1 aliphatic rings. The highest BCUT2D eigenvalue weighted by molar-refractivity contribution is 7.92. The van der Waals surface area contributed by atoms with Crippen molar-refractivity contribution in [1.29, 1.82) is 0 Å². The highest BCUT2D eigenvalue weighted by Gasteiger charge is 2.27. The first-order valence-electron chi connectivity index (χ1n) is 10.1. The number of piperazine rings is 1. The SMILES string of the molecule is CCOC(=O)N1CCN(C(=O)c2cccc(N(C)S(=O)(=O)c3ccc(C)cc3)c2)CC1. The molecule has 0 aromatic heterocycles. The van der Waals surface area contributed by atoms with Crippen LogP contribution in [0.2, 0.25) is 0 Å². The van der Waals surface area contributed by atoms with Gasteiger partial charge in [-0.05, 0) is 44.2 Å².